The van der Waals surface area contributed by atoms with Gasteiger partial charge in [-0.1, -0.05) is 12.1 Å². The molecule has 5 heteroatoms. The van der Waals surface area contributed by atoms with Crippen LogP contribution >= 0.6 is 0 Å². The van der Waals surface area contributed by atoms with Crippen molar-refractivity contribution < 1.29 is 19.0 Å². The maximum Gasteiger partial charge on any atom is 0.407 e. The molecule has 3 rings (SSSR count). The van der Waals surface area contributed by atoms with Crippen molar-refractivity contribution >= 4 is 6.09 Å². The molecule has 2 aliphatic rings. The predicted octanol–water partition coefficient (Wildman–Crippen LogP) is 2.30. The van der Waals surface area contributed by atoms with Gasteiger partial charge in [0.15, 0.2) is 11.6 Å². The van der Waals surface area contributed by atoms with Crippen molar-refractivity contribution in [1.29, 1.82) is 0 Å². The number of hydrogen-bond acceptors (Lipinski definition) is 2. The van der Waals surface area contributed by atoms with Gasteiger partial charge in [-0.25, -0.2) is 9.18 Å². The molecule has 1 N–H and O–H groups in total. The van der Waals surface area contributed by atoms with Gasteiger partial charge in [-0.05, 0) is 18.4 Å². The molecule has 2 heterocycles. The van der Waals surface area contributed by atoms with Crippen LogP contribution in [0.5, 0.6) is 5.75 Å². The number of hydrogen-bond donors (Lipinski definition) is 1. The van der Waals surface area contributed by atoms with E-state index < -0.39 is 6.09 Å². The van der Waals surface area contributed by atoms with Crippen LogP contribution in [0.3, 0.4) is 0 Å². The highest BCUT2D eigenvalue weighted by molar-refractivity contribution is 5.65. The van der Waals surface area contributed by atoms with Crippen LogP contribution in [-0.4, -0.2) is 35.8 Å². The smallest absolute Gasteiger partial charge is 0.407 e. The van der Waals surface area contributed by atoms with Gasteiger partial charge in [-0.15, -0.1) is 0 Å². The summed E-state index contributed by atoms with van der Waals surface area (Å²) in [6, 6.07) is 4.87. The van der Waals surface area contributed by atoms with Crippen LogP contribution in [0.2, 0.25) is 0 Å². The van der Waals surface area contributed by atoms with E-state index in [9.17, 15) is 9.18 Å². The molecule has 0 saturated carbocycles. The molecule has 2 aliphatic heterocycles. The third-order valence-electron chi connectivity index (χ3n) is 3.84. The monoisotopic (exact) mass is 251 g/mol. The van der Waals surface area contributed by atoms with Crippen LogP contribution in [-0.2, 0) is 0 Å². The summed E-state index contributed by atoms with van der Waals surface area (Å²) in [4.78, 5) is 12.4. The number of amides is 1. The second-order valence-corrected chi connectivity index (χ2v) is 4.85. The molecule has 1 amide bonds. The maximum atomic E-state index is 13.7. The van der Waals surface area contributed by atoms with Crippen molar-refractivity contribution in [2.75, 3.05) is 19.7 Å². The Labute approximate surface area is 104 Å². The summed E-state index contributed by atoms with van der Waals surface area (Å²) in [6.07, 6.45) is -0.135. The number of para-hydroxylation sites is 1. The van der Waals surface area contributed by atoms with Crippen molar-refractivity contribution in [3.05, 3.63) is 29.6 Å². The molecule has 0 aliphatic carbocycles. The minimum absolute atomic E-state index is 0.0503. The molecule has 0 unspecified atom stereocenters. The Morgan fingerprint density at radius 1 is 1.44 bits per heavy atom. The maximum absolute atomic E-state index is 13.7. The van der Waals surface area contributed by atoms with Gasteiger partial charge >= 0.3 is 6.09 Å². The van der Waals surface area contributed by atoms with Crippen molar-refractivity contribution in [2.24, 2.45) is 5.92 Å². The Bertz CT molecular complexity index is 491. The third-order valence-corrected chi connectivity index (χ3v) is 3.84. The Morgan fingerprint density at radius 2 is 2.28 bits per heavy atom. The van der Waals surface area contributed by atoms with Crippen LogP contribution < -0.4 is 4.74 Å². The largest absolute Gasteiger partial charge is 0.490 e. The van der Waals surface area contributed by atoms with Gasteiger partial charge < -0.3 is 14.7 Å². The lowest BCUT2D eigenvalue weighted by molar-refractivity contribution is 0.152. The first-order chi connectivity index (χ1) is 8.66. The zero-order chi connectivity index (χ0) is 12.7. The molecule has 1 fully saturated rings. The standard InChI is InChI=1S/C13H14FNO3/c14-11-3-1-2-9-10-7-15(13(16)17)6-8(10)4-5-18-12(9)11/h1-3,8,10H,4-7H2,(H,16,17)/t8-,10-/m1/s1. The fraction of sp³-hybridized carbons (Fsp3) is 0.462. The van der Waals surface area contributed by atoms with E-state index in [4.69, 9.17) is 9.84 Å². The third kappa shape index (κ3) is 1.70. The van der Waals surface area contributed by atoms with Crippen molar-refractivity contribution in [3.8, 4) is 5.75 Å². The normalized spacial score (nSPS) is 25.9. The minimum atomic E-state index is -0.901. The minimum Gasteiger partial charge on any atom is -0.490 e. The molecule has 0 spiro atoms. The first-order valence-corrected chi connectivity index (χ1v) is 6.06. The lowest BCUT2D eigenvalue weighted by Gasteiger charge is -2.15. The molecular formula is C13H14FNO3. The topological polar surface area (TPSA) is 49.8 Å². The first kappa shape index (κ1) is 11.3. The Hall–Kier alpha value is -1.78. The summed E-state index contributed by atoms with van der Waals surface area (Å²) in [5.74, 6) is 0.220. The highest BCUT2D eigenvalue weighted by Gasteiger charge is 2.39. The number of rotatable bonds is 0. The Balaban J connectivity index is 1.99. The van der Waals surface area contributed by atoms with Gasteiger partial charge in [0.05, 0.1) is 6.61 Å². The molecular weight excluding hydrogens is 237 g/mol. The number of carboxylic acid groups (broad SMARTS) is 1. The fourth-order valence-electron chi connectivity index (χ4n) is 2.95. The fourth-order valence-corrected chi connectivity index (χ4v) is 2.95. The zero-order valence-electron chi connectivity index (χ0n) is 9.80. The van der Waals surface area contributed by atoms with Gasteiger partial charge in [0, 0.05) is 24.6 Å². The van der Waals surface area contributed by atoms with Crippen molar-refractivity contribution in [1.82, 2.24) is 4.90 Å². The molecule has 0 aromatic heterocycles. The Morgan fingerprint density at radius 3 is 3.06 bits per heavy atom. The number of likely N-dealkylation sites (tertiary alicyclic amines) is 1. The number of nitrogens with zero attached hydrogens (tertiary/aromatic N) is 1. The van der Waals surface area contributed by atoms with Gasteiger partial charge in [0.2, 0.25) is 0 Å². The molecule has 18 heavy (non-hydrogen) atoms. The van der Waals surface area contributed by atoms with Crippen molar-refractivity contribution in [2.45, 2.75) is 12.3 Å². The van der Waals surface area contributed by atoms with Crippen LogP contribution in [0.4, 0.5) is 9.18 Å². The van der Waals surface area contributed by atoms with Crippen LogP contribution in [0.25, 0.3) is 0 Å². The van der Waals surface area contributed by atoms with E-state index in [1.165, 1.54) is 11.0 Å². The quantitative estimate of drug-likeness (QED) is 0.769. The molecule has 1 saturated heterocycles. The van der Waals surface area contributed by atoms with Gasteiger partial charge in [0.25, 0.3) is 0 Å². The van der Waals surface area contributed by atoms with Gasteiger partial charge in [-0.2, -0.15) is 0 Å². The molecule has 0 bridgehead atoms. The van der Waals surface area contributed by atoms with E-state index >= 15 is 0 Å². The average Bonchev–Trinajstić information content (AvgIpc) is 2.68. The molecule has 1 aromatic carbocycles. The summed E-state index contributed by atoms with van der Waals surface area (Å²) >= 11 is 0. The second kappa shape index (κ2) is 4.15. The summed E-state index contributed by atoms with van der Waals surface area (Å²) < 4.78 is 19.2. The predicted molar refractivity (Wildman–Crippen MR) is 62.3 cm³/mol. The van der Waals surface area contributed by atoms with E-state index in [1.54, 1.807) is 6.07 Å². The number of benzene rings is 1. The number of carbonyl (C=O) groups is 1. The van der Waals surface area contributed by atoms with E-state index in [-0.39, 0.29) is 17.7 Å². The van der Waals surface area contributed by atoms with E-state index in [2.05, 4.69) is 0 Å². The van der Waals surface area contributed by atoms with Crippen LogP contribution in [0.15, 0.2) is 18.2 Å². The Kier molecular flexibility index (Phi) is 2.61. The lowest BCUT2D eigenvalue weighted by atomic mass is 9.87. The van der Waals surface area contributed by atoms with E-state index in [1.807, 2.05) is 6.07 Å². The van der Waals surface area contributed by atoms with Gasteiger partial charge in [0.1, 0.15) is 0 Å². The van der Waals surface area contributed by atoms with Crippen LogP contribution in [0.1, 0.15) is 17.9 Å². The second-order valence-electron chi connectivity index (χ2n) is 4.85. The summed E-state index contributed by atoms with van der Waals surface area (Å²) in [5.41, 5.74) is 0.807. The average molecular weight is 251 g/mol. The first-order valence-electron chi connectivity index (χ1n) is 6.06. The molecule has 2 atom stereocenters. The number of fused-ring (bicyclic) bond motifs is 3. The van der Waals surface area contributed by atoms with E-state index in [0.29, 0.717) is 25.4 Å². The van der Waals surface area contributed by atoms with E-state index in [0.717, 1.165) is 12.0 Å². The molecule has 96 valence electrons. The summed E-state index contributed by atoms with van der Waals surface area (Å²) in [6.45, 7) is 1.39. The zero-order valence-corrected chi connectivity index (χ0v) is 9.80. The number of ether oxygens (including phenoxy) is 1. The van der Waals surface area contributed by atoms with Gasteiger partial charge in [-0.3, -0.25) is 0 Å². The summed E-state index contributed by atoms with van der Waals surface area (Å²) in [7, 11) is 0. The van der Waals surface area contributed by atoms with Crippen molar-refractivity contribution in [3.63, 3.8) is 0 Å². The van der Waals surface area contributed by atoms with Crippen LogP contribution in [0, 0.1) is 11.7 Å². The SMILES string of the molecule is O=C(O)N1C[C@H]2CCOc3c(F)cccc3[C@@H]2C1. The number of halogens is 1. The summed E-state index contributed by atoms with van der Waals surface area (Å²) in [5, 5.41) is 9.05. The lowest BCUT2D eigenvalue weighted by Crippen LogP contribution is -2.27. The highest BCUT2D eigenvalue weighted by Crippen LogP contribution is 2.42. The molecule has 1 aromatic rings. The molecule has 4 nitrogen and oxygen atoms in total. The highest BCUT2D eigenvalue weighted by atomic mass is 19.1. The molecule has 0 radical (unpaired) electrons.